The van der Waals surface area contributed by atoms with E-state index < -0.39 is 35.1 Å². The van der Waals surface area contributed by atoms with Crippen molar-refractivity contribution in [2.75, 3.05) is 44.8 Å². The molecule has 1 aliphatic heterocycles. The lowest BCUT2D eigenvalue weighted by Crippen LogP contribution is -2.40. The van der Waals surface area contributed by atoms with Gasteiger partial charge in [0.15, 0.2) is 13.2 Å². The van der Waals surface area contributed by atoms with E-state index in [1.54, 1.807) is 37.3 Å². The lowest BCUT2D eigenvalue weighted by atomic mass is 10.2. The second-order valence-corrected chi connectivity index (χ2v) is 9.06. The number of nitrogens with zero attached hydrogens (tertiary/aromatic N) is 2. The van der Waals surface area contributed by atoms with Gasteiger partial charge in [-0.15, -0.1) is 0 Å². The highest BCUT2D eigenvalue weighted by Crippen LogP contribution is 2.23. The lowest BCUT2D eigenvalue weighted by Gasteiger charge is -2.26. The Hall–Kier alpha value is -3.46. The minimum atomic E-state index is -3.72. The number of nitrogens with one attached hydrogen (secondary N) is 1. The number of hydrogen-bond acceptors (Lipinski definition) is 8. The van der Waals surface area contributed by atoms with Gasteiger partial charge < -0.3 is 19.5 Å². The number of anilines is 1. The SMILES string of the molecule is Cc1ccc(S(=O)(=O)N2CCOCC2)cc1NC(=O)COC(=O)COc1ccc(C#N)cc1. The van der Waals surface area contributed by atoms with Gasteiger partial charge in [0.25, 0.3) is 5.91 Å². The molecule has 3 rings (SSSR count). The smallest absolute Gasteiger partial charge is 0.344 e. The topological polar surface area (TPSA) is 135 Å². The quantitative estimate of drug-likeness (QED) is 0.569. The Morgan fingerprint density at radius 1 is 1.12 bits per heavy atom. The first-order valence-electron chi connectivity index (χ1n) is 10.1. The first-order valence-corrected chi connectivity index (χ1v) is 11.5. The Kier molecular flexibility index (Phi) is 8.00. The fourth-order valence-electron chi connectivity index (χ4n) is 2.97. The van der Waals surface area contributed by atoms with Gasteiger partial charge in [0.2, 0.25) is 10.0 Å². The van der Waals surface area contributed by atoms with Crippen molar-refractivity contribution < 1.29 is 32.2 Å². The van der Waals surface area contributed by atoms with Gasteiger partial charge in [-0.2, -0.15) is 9.57 Å². The zero-order chi connectivity index (χ0) is 23.8. The van der Waals surface area contributed by atoms with Gasteiger partial charge in [-0.1, -0.05) is 6.07 Å². The normalized spacial score (nSPS) is 14.2. The number of carbonyl (C=O) groups excluding carboxylic acids is 2. The molecule has 1 N–H and O–H groups in total. The van der Waals surface area contributed by atoms with E-state index in [2.05, 4.69) is 5.32 Å². The fraction of sp³-hybridized carbons (Fsp3) is 0.318. The Labute approximate surface area is 191 Å². The minimum absolute atomic E-state index is 0.0538. The Balaban J connectivity index is 1.53. The molecule has 0 bridgehead atoms. The van der Waals surface area contributed by atoms with E-state index in [0.717, 1.165) is 0 Å². The minimum Gasteiger partial charge on any atom is -0.482 e. The molecular weight excluding hydrogens is 450 g/mol. The fourth-order valence-corrected chi connectivity index (χ4v) is 4.41. The van der Waals surface area contributed by atoms with E-state index in [1.807, 2.05) is 6.07 Å². The summed E-state index contributed by atoms with van der Waals surface area (Å²) >= 11 is 0. The molecule has 10 nitrogen and oxygen atoms in total. The van der Waals surface area contributed by atoms with Crippen LogP contribution in [0.4, 0.5) is 5.69 Å². The first-order chi connectivity index (χ1) is 15.8. The van der Waals surface area contributed by atoms with Crippen LogP contribution in [-0.2, 0) is 29.1 Å². The maximum absolute atomic E-state index is 12.8. The van der Waals surface area contributed by atoms with Crippen molar-refractivity contribution in [1.82, 2.24) is 4.31 Å². The molecule has 1 aliphatic rings. The van der Waals surface area contributed by atoms with Crippen LogP contribution in [0.1, 0.15) is 11.1 Å². The van der Waals surface area contributed by atoms with Crippen LogP contribution in [0.2, 0.25) is 0 Å². The number of ether oxygens (including phenoxy) is 3. The summed E-state index contributed by atoms with van der Waals surface area (Å²) in [6.07, 6.45) is 0. The number of hydrogen-bond donors (Lipinski definition) is 1. The molecular formula is C22H23N3O7S. The molecule has 0 radical (unpaired) electrons. The predicted octanol–water partition coefficient (Wildman–Crippen LogP) is 1.45. The molecule has 1 saturated heterocycles. The number of morpholine rings is 1. The molecule has 0 aliphatic carbocycles. The number of sulfonamides is 1. The van der Waals surface area contributed by atoms with E-state index in [0.29, 0.717) is 35.8 Å². The first kappa shape index (κ1) is 24.2. The van der Waals surface area contributed by atoms with Crippen LogP contribution < -0.4 is 10.1 Å². The molecule has 0 atom stereocenters. The third-order valence-electron chi connectivity index (χ3n) is 4.80. The maximum atomic E-state index is 12.8. The van der Waals surface area contributed by atoms with Crippen molar-refractivity contribution in [2.24, 2.45) is 0 Å². The molecule has 0 spiro atoms. The number of rotatable bonds is 8. The Morgan fingerprint density at radius 2 is 1.82 bits per heavy atom. The van der Waals surface area contributed by atoms with Crippen molar-refractivity contribution in [2.45, 2.75) is 11.8 Å². The second kappa shape index (κ2) is 10.9. The highest BCUT2D eigenvalue weighted by atomic mass is 32.2. The molecule has 11 heteroatoms. The molecule has 33 heavy (non-hydrogen) atoms. The van der Waals surface area contributed by atoms with Crippen LogP contribution in [0, 0.1) is 18.3 Å². The van der Waals surface area contributed by atoms with Gasteiger partial charge in [0.1, 0.15) is 5.75 Å². The monoisotopic (exact) mass is 473 g/mol. The highest BCUT2D eigenvalue weighted by molar-refractivity contribution is 7.89. The molecule has 1 fully saturated rings. The average Bonchev–Trinajstić information content (AvgIpc) is 2.83. The predicted molar refractivity (Wildman–Crippen MR) is 117 cm³/mol. The molecule has 1 amide bonds. The number of benzene rings is 2. The van der Waals surface area contributed by atoms with Crippen LogP contribution >= 0.6 is 0 Å². The summed E-state index contributed by atoms with van der Waals surface area (Å²) in [5, 5.41) is 11.3. The number of aryl methyl sites for hydroxylation is 1. The van der Waals surface area contributed by atoms with Crippen LogP contribution in [0.25, 0.3) is 0 Å². The molecule has 0 saturated carbocycles. The molecule has 174 valence electrons. The largest absolute Gasteiger partial charge is 0.482 e. The van der Waals surface area contributed by atoms with Crippen molar-refractivity contribution in [3.05, 3.63) is 53.6 Å². The van der Waals surface area contributed by atoms with Crippen molar-refractivity contribution in [3.8, 4) is 11.8 Å². The summed E-state index contributed by atoms with van der Waals surface area (Å²) in [4.78, 5) is 24.1. The van der Waals surface area contributed by atoms with Gasteiger partial charge >= 0.3 is 5.97 Å². The van der Waals surface area contributed by atoms with Gasteiger partial charge in [0, 0.05) is 18.8 Å². The zero-order valence-electron chi connectivity index (χ0n) is 17.9. The number of esters is 1. The van der Waals surface area contributed by atoms with Crippen LogP contribution in [0.15, 0.2) is 47.4 Å². The third kappa shape index (κ3) is 6.52. The molecule has 2 aromatic rings. The van der Waals surface area contributed by atoms with E-state index in [9.17, 15) is 18.0 Å². The van der Waals surface area contributed by atoms with Gasteiger partial charge in [-0.3, -0.25) is 4.79 Å². The van der Waals surface area contributed by atoms with Crippen molar-refractivity contribution in [3.63, 3.8) is 0 Å². The van der Waals surface area contributed by atoms with E-state index >= 15 is 0 Å². The van der Waals surface area contributed by atoms with Gasteiger partial charge in [-0.05, 0) is 48.9 Å². The highest BCUT2D eigenvalue weighted by Gasteiger charge is 2.27. The number of nitriles is 1. The summed E-state index contributed by atoms with van der Waals surface area (Å²) in [5.41, 5.74) is 1.41. The van der Waals surface area contributed by atoms with Gasteiger partial charge in [-0.25, -0.2) is 13.2 Å². The van der Waals surface area contributed by atoms with Crippen LogP contribution in [0.3, 0.4) is 0 Å². The van der Waals surface area contributed by atoms with E-state index in [-0.39, 0.29) is 18.0 Å². The summed E-state index contributed by atoms with van der Waals surface area (Å²) < 4.78 is 42.4. The Bertz CT molecular complexity index is 1150. The van der Waals surface area contributed by atoms with E-state index in [1.165, 1.54) is 16.4 Å². The average molecular weight is 474 g/mol. The number of carbonyl (C=O) groups is 2. The van der Waals surface area contributed by atoms with Crippen LogP contribution in [0.5, 0.6) is 5.75 Å². The van der Waals surface area contributed by atoms with E-state index in [4.69, 9.17) is 19.5 Å². The summed E-state index contributed by atoms with van der Waals surface area (Å²) in [7, 11) is -3.72. The lowest BCUT2D eigenvalue weighted by molar-refractivity contribution is -0.149. The summed E-state index contributed by atoms with van der Waals surface area (Å²) in [6.45, 7) is 1.93. The molecule has 0 unspecified atom stereocenters. The zero-order valence-corrected chi connectivity index (χ0v) is 18.8. The molecule has 1 heterocycles. The molecule has 2 aromatic carbocycles. The maximum Gasteiger partial charge on any atom is 0.344 e. The number of amides is 1. The van der Waals surface area contributed by atoms with Crippen molar-refractivity contribution >= 4 is 27.6 Å². The third-order valence-corrected chi connectivity index (χ3v) is 6.69. The summed E-state index contributed by atoms with van der Waals surface area (Å²) in [6, 6.07) is 12.6. The standard InChI is InChI=1S/C22H23N3O7S/c1-16-2-7-19(33(28,29)25-8-10-30-11-9-25)12-20(16)24-21(26)14-32-22(27)15-31-18-5-3-17(13-23)4-6-18/h2-7,12H,8-11,14-15H2,1H3,(H,24,26). The summed E-state index contributed by atoms with van der Waals surface area (Å²) in [5.74, 6) is -0.995. The Morgan fingerprint density at radius 3 is 2.48 bits per heavy atom. The second-order valence-electron chi connectivity index (χ2n) is 7.13. The van der Waals surface area contributed by atoms with Crippen LogP contribution in [-0.4, -0.2) is 64.1 Å². The molecule has 0 aromatic heterocycles. The van der Waals surface area contributed by atoms with Crippen molar-refractivity contribution in [1.29, 1.82) is 5.26 Å². The van der Waals surface area contributed by atoms with Gasteiger partial charge in [0.05, 0.1) is 29.7 Å².